The second kappa shape index (κ2) is 8.81. The number of ether oxygens (including phenoxy) is 2. The van der Waals surface area contributed by atoms with Crippen molar-refractivity contribution in [3.63, 3.8) is 0 Å². The van der Waals surface area contributed by atoms with Crippen LogP contribution < -0.4 is 20.1 Å². The maximum atomic E-state index is 11.5. The van der Waals surface area contributed by atoms with Gasteiger partial charge in [0.25, 0.3) is 0 Å². The third-order valence-electron chi connectivity index (χ3n) is 4.00. The first-order valence-corrected chi connectivity index (χ1v) is 8.61. The number of ketones is 1. The Balaban J connectivity index is 1.68. The lowest BCUT2D eigenvalue weighted by molar-refractivity contribution is 0.101. The Morgan fingerprint density at radius 1 is 1.07 bits per heavy atom. The zero-order valence-electron chi connectivity index (χ0n) is 15.9. The fraction of sp³-hybridized carbons (Fsp3) is 0.200. The van der Waals surface area contributed by atoms with Crippen molar-refractivity contribution in [3.8, 4) is 11.5 Å². The van der Waals surface area contributed by atoms with Crippen molar-refractivity contribution in [3.05, 3.63) is 59.8 Å². The topological polar surface area (TPSA) is 98.3 Å². The second-order valence-electron chi connectivity index (χ2n) is 5.97. The van der Waals surface area contributed by atoms with Crippen LogP contribution in [0.15, 0.2) is 48.7 Å². The Bertz CT molecular complexity index is 978. The maximum absolute atomic E-state index is 11.5. The highest BCUT2D eigenvalue weighted by Gasteiger charge is 2.07. The van der Waals surface area contributed by atoms with Gasteiger partial charge in [-0.05, 0) is 36.8 Å². The number of Topliss-reactive ketones (excluding diaryl/α,β-unsaturated/α-hetero) is 1. The Morgan fingerprint density at radius 3 is 2.64 bits per heavy atom. The molecule has 0 aliphatic rings. The average molecular weight is 379 g/mol. The summed E-state index contributed by atoms with van der Waals surface area (Å²) < 4.78 is 10.6. The van der Waals surface area contributed by atoms with Crippen LogP contribution in [0.1, 0.15) is 22.8 Å². The molecule has 3 rings (SSSR count). The smallest absolute Gasteiger partial charge is 0.244 e. The number of nitrogens with one attached hydrogen (secondary N) is 2. The van der Waals surface area contributed by atoms with Gasteiger partial charge in [-0.1, -0.05) is 18.2 Å². The van der Waals surface area contributed by atoms with Crippen molar-refractivity contribution in [2.24, 2.45) is 0 Å². The van der Waals surface area contributed by atoms with Gasteiger partial charge in [0.15, 0.2) is 23.1 Å². The third-order valence-corrected chi connectivity index (χ3v) is 4.00. The van der Waals surface area contributed by atoms with E-state index in [1.54, 1.807) is 26.4 Å². The molecule has 0 aliphatic carbocycles. The summed E-state index contributed by atoms with van der Waals surface area (Å²) in [4.78, 5) is 15.9. The number of aromatic nitrogens is 3. The zero-order chi connectivity index (χ0) is 19.9. The van der Waals surface area contributed by atoms with Crippen molar-refractivity contribution in [2.75, 3.05) is 24.9 Å². The maximum Gasteiger partial charge on any atom is 0.244 e. The lowest BCUT2D eigenvalue weighted by Gasteiger charge is -2.11. The van der Waals surface area contributed by atoms with Gasteiger partial charge in [-0.25, -0.2) is 0 Å². The lowest BCUT2D eigenvalue weighted by atomic mass is 10.1. The number of carbonyl (C=O) groups excluding carboxylic acids is 1. The van der Waals surface area contributed by atoms with Crippen LogP contribution in [0, 0.1) is 0 Å². The van der Waals surface area contributed by atoms with Gasteiger partial charge in [0.05, 0.1) is 20.4 Å². The molecule has 8 nitrogen and oxygen atoms in total. The largest absolute Gasteiger partial charge is 0.493 e. The molecule has 2 aromatic carbocycles. The molecule has 1 heterocycles. The third kappa shape index (κ3) is 4.73. The molecule has 28 heavy (non-hydrogen) atoms. The molecule has 0 bridgehead atoms. The number of carbonyl (C=O) groups is 1. The summed E-state index contributed by atoms with van der Waals surface area (Å²) >= 11 is 0. The summed E-state index contributed by atoms with van der Waals surface area (Å²) in [5, 5.41) is 14.2. The summed E-state index contributed by atoms with van der Waals surface area (Å²) in [6, 6.07) is 12.8. The fourth-order valence-electron chi connectivity index (χ4n) is 2.57. The highest BCUT2D eigenvalue weighted by molar-refractivity contribution is 5.95. The molecule has 0 spiro atoms. The van der Waals surface area contributed by atoms with Crippen LogP contribution in [0.4, 0.5) is 17.5 Å². The van der Waals surface area contributed by atoms with Crippen LogP contribution in [0.2, 0.25) is 0 Å². The van der Waals surface area contributed by atoms with E-state index in [1.165, 1.54) is 13.1 Å². The van der Waals surface area contributed by atoms with Gasteiger partial charge in [-0.3, -0.25) is 4.79 Å². The van der Waals surface area contributed by atoms with E-state index in [0.29, 0.717) is 35.4 Å². The summed E-state index contributed by atoms with van der Waals surface area (Å²) in [6.07, 6.45) is 1.52. The molecule has 0 amide bonds. The van der Waals surface area contributed by atoms with Crippen LogP contribution in [-0.4, -0.2) is 35.2 Å². The Hall–Kier alpha value is -3.68. The van der Waals surface area contributed by atoms with E-state index >= 15 is 0 Å². The van der Waals surface area contributed by atoms with Crippen LogP contribution in [0.3, 0.4) is 0 Å². The minimum Gasteiger partial charge on any atom is -0.493 e. The number of hydrogen-bond acceptors (Lipinski definition) is 8. The van der Waals surface area contributed by atoms with Gasteiger partial charge in [0.2, 0.25) is 5.95 Å². The molecular formula is C20H21N5O3. The quantitative estimate of drug-likeness (QED) is 0.574. The van der Waals surface area contributed by atoms with Crippen molar-refractivity contribution >= 4 is 23.2 Å². The molecule has 0 saturated heterocycles. The van der Waals surface area contributed by atoms with Crippen LogP contribution >= 0.6 is 0 Å². The highest BCUT2D eigenvalue weighted by atomic mass is 16.5. The summed E-state index contributed by atoms with van der Waals surface area (Å²) in [6.45, 7) is 2.02. The first-order valence-electron chi connectivity index (χ1n) is 8.61. The van der Waals surface area contributed by atoms with Gasteiger partial charge in [-0.15, -0.1) is 5.10 Å². The van der Waals surface area contributed by atoms with E-state index in [9.17, 15) is 4.79 Å². The molecule has 0 atom stereocenters. The van der Waals surface area contributed by atoms with Crippen molar-refractivity contribution in [1.29, 1.82) is 0 Å². The van der Waals surface area contributed by atoms with Crippen molar-refractivity contribution in [2.45, 2.75) is 13.5 Å². The molecule has 1 aromatic heterocycles. The van der Waals surface area contributed by atoms with Gasteiger partial charge in [0.1, 0.15) is 0 Å². The fourth-order valence-corrected chi connectivity index (χ4v) is 2.57. The van der Waals surface area contributed by atoms with E-state index in [4.69, 9.17) is 9.47 Å². The monoisotopic (exact) mass is 379 g/mol. The molecule has 0 unspecified atom stereocenters. The Morgan fingerprint density at radius 2 is 1.89 bits per heavy atom. The Labute approximate surface area is 162 Å². The van der Waals surface area contributed by atoms with E-state index < -0.39 is 0 Å². The Kier molecular flexibility index (Phi) is 6.01. The summed E-state index contributed by atoms with van der Waals surface area (Å²) in [5.74, 6) is 2.22. The molecule has 0 aliphatic heterocycles. The number of anilines is 3. The molecular weight excluding hydrogens is 358 g/mol. The second-order valence-corrected chi connectivity index (χ2v) is 5.97. The van der Waals surface area contributed by atoms with Crippen molar-refractivity contribution < 1.29 is 14.3 Å². The van der Waals surface area contributed by atoms with E-state index in [2.05, 4.69) is 25.8 Å². The number of rotatable bonds is 8. The number of hydrogen-bond donors (Lipinski definition) is 2. The molecule has 2 N–H and O–H groups in total. The standard InChI is InChI=1S/C20H21N5O3/c1-13(26)15-5-4-6-16(10-15)23-19-12-22-25-20(24-19)21-11-14-7-8-17(27-2)18(9-14)28-3/h4-10,12H,11H2,1-3H3,(H2,21,23,24,25). The highest BCUT2D eigenvalue weighted by Crippen LogP contribution is 2.27. The van der Waals surface area contributed by atoms with Crippen LogP contribution in [0.25, 0.3) is 0 Å². The van der Waals surface area contributed by atoms with Crippen LogP contribution in [0.5, 0.6) is 11.5 Å². The minimum absolute atomic E-state index is 0.00161. The van der Waals surface area contributed by atoms with Gasteiger partial charge >= 0.3 is 0 Å². The molecule has 3 aromatic rings. The molecule has 144 valence electrons. The van der Waals surface area contributed by atoms with Crippen molar-refractivity contribution in [1.82, 2.24) is 15.2 Å². The van der Waals surface area contributed by atoms with E-state index in [-0.39, 0.29) is 5.78 Å². The van der Waals surface area contributed by atoms with Gasteiger partial charge in [0, 0.05) is 17.8 Å². The number of methoxy groups -OCH3 is 2. The van der Waals surface area contributed by atoms with E-state index in [1.807, 2.05) is 30.3 Å². The average Bonchev–Trinajstić information content (AvgIpc) is 2.72. The molecule has 0 radical (unpaired) electrons. The lowest BCUT2D eigenvalue weighted by Crippen LogP contribution is -2.07. The summed E-state index contributed by atoms with van der Waals surface area (Å²) in [7, 11) is 3.19. The number of benzene rings is 2. The summed E-state index contributed by atoms with van der Waals surface area (Å²) in [5.41, 5.74) is 2.35. The molecule has 0 fully saturated rings. The first-order chi connectivity index (χ1) is 13.6. The normalized spacial score (nSPS) is 10.2. The van der Waals surface area contributed by atoms with Gasteiger partial charge in [-0.2, -0.15) is 10.1 Å². The SMILES string of the molecule is COc1ccc(CNc2nncc(Nc3cccc(C(C)=O)c3)n2)cc1OC. The predicted octanol–water partition coefficient (Wildman–Crippen LogP) is 3.45. The number of nitrogens with zero attached hydrogens (tertiary/aromatic N) is 3. The molecule has 8 heteroatoms. The van der Waals surface area contributed by atoms with E-state index in [0.717, 1.165) is 11.3 Å². The van der Waals surface area contributed by atoms with Gasteiger partial charge < -0.3 is 20.1 Å². The zero-order valence-corrected chi connectivity index (χ0v) is 15.9. The molecule has 0 saturated carbocycles. The minimum atomic E-state index is 0.00161. The van der Waals surface area contributed by atoms with Crippen LogP contribution in [-0.2, 0) is 6.54 Å². The first kappa shape index (κ1) is 19.1. The predicted molar refractivity (Wildman–Crippen MR) is 106 cm³/mol.